The van der Waals surface area contributed by atoms with Crippen LogP contribution >= 0.6 is 0 Å². The second-order valence-corrected chi connectivity index (χ2v) is 7.31. The summed E-state index contributed by atoms with van der Waals surface area (Å²) in [6.07, 6.45) is 1.38. The molecule has 5 nitrogen and oxygen atoms in total. The lowest BCUT2D eigenvalue weighted by Crippen LogP contribution is -2.50. The van der Waals surface area contributed by atoms with E-state index in [0.29, 0.717) is 37.4 Å². The number of halogens is 1. The van der Waals surface area contributed by atoms with Crippen molar-refractivity contribution in [3.63, 3.8) is 0 Å². The first-order valence-electron chi connectivity index (χ1n) is 8.78. The van der Waals surface area contributed by atoms with Crippen molar-refractivity contribution >= 4 is 11.8 Å². The summed E-state index contributed by atoms with van der Waals surface area (Å²) in [5, 5.41) is 0. The number of pyridine rings is 1. The highest BCUT2D eigenvalue weighted by atomic mass is 19.1. The monoisotopic (exact) mass is 357 g/mol. The lowest BCUT2D eigenvalue weighted by atomic mass is 10.1. The number of carbonyl (C=O) groups excluding carboxylic acids is 1. The van der Waals surface area contributed by atoms with E-state index in [9.17, 15) is 9.18 Å². The smallest absolute Gasteiger partial charge is 0.410 e. The molecule has 1 fully saturated rings. The fourth-order valence-corrected chi connectivity index (χ4v) is 2.97. The molecule has 1 saturated heterocycles. The number of hydrogen-bond acceptors (Lipinski definition) is 4. The average molecular weight is 357 g/mol. The molecule has 1 aliphatic heterocycles. The standard InChI is InChI=1S/C20H24FN3O2/c1-20(2,3)26-19(25)24-13-11-23(12-14-24)17-9-6-10-22-18(17)15-7-4-5-8-16(15)21/h4-10H,11-14H2,1-3H3. The van der Waals surface area contributed by atoms with Crippen LogP contribution in [0.1, 0.15) is 20.8 Å². The highest BCUT2D eigenvalue weighted by molar-refractivity contribution is 5.76. The lowest BCUT2D eigenvalue weighted by molar-refractivity contribution is 0.0240. The number of benzene rings is 1. The van der Waals surface area contributed by atoms with E-state index in [1.165, 1.54) is 6.07 Å². The fourth-order valence-electron chi connectivity index (χ4n) is 2.97. The van der Waals surface area contributed by atoms with Crippen molar-refractivity contribution in [3.05, 3.63) is 48.4 Å². The van der Waals surface area contributed by atoms with Crippen molar-refractivity contribution in [2.45, 2.75) is 26.4 Å². The van der Waals surface area contributed by atoms with Crippen LogP contribution in [-0.4, -0.2) is 47.8 Å². The van der Waals surface area contributed by atoms with Gasteiger partial charge in [-0.05, 0) is 45.0 Å². The zero-order chi connectivity index (χ0) is 18.7. The van der Waals surface area contributed by atoms with E-state index in [0.717, 1.165) is 5.69 Å². The Morgan fingerprint density at radius 2 is 1.77 bits per heavy atom. The zero-order valence-electron chi connectivity index (χ0n) is 15.4. The Bertz CT molecular complexity index is 781. The predicted molar refractivity (Wildman–Crippen MR) is 99.7 cm³/mol. The van der Waals surface area contributed by atoms with E-state index in [-0.39, 0.29) is 11.9 Å². The number of hydrogen-bond donors (Lipinski definition) is 0. The van der Waals surface area contributed by atoms with Gasteiger partial charge in [0.15, 0.2) is 0 Å². The first-order valence-corrected chi connectivity index (χ1v) is 8.78. The predicted octanol–water partition coefficient (Wildman–Crippen LogP) is 3.94. The van der Waals surface area contributed by atoms with Crippen LogP contribution in [0.4, 0.5) is 14.9 Å². The summed E-state index contributed by atoms with van der Waals surface area (Å²) in [6, 6.07) is 10.4. The third-order valence-corrected chi connectivity index (χ3v) is 4.19. The molecule has 0 radical (unpaired) electrons. The average Bonchev–Trinajstić information content (AvgIpc) is 2.61. The number of ether oxygens (including phenoxy) is 1. The minimum absolute atomic E-state index is 0.292. The quantitative estimate of drug-likeness (QED) is 0.817. The number of anilines is 1. The summed E-state index contributed by atoms with van der Waals surface area (Å²) < 4.78 is 19.7. The molecule has 1 aromatic heterocycles. The van der Waals surface area contributed by atoms with E-state index >= 15 is 0 Å². The number of piperazine rings is 1. The Labute approximate surface area is 153 Å². The van der Waals surface area contributed by atoms with Crippen molar-refractivity contribution in [2.75, 3.05) is 31.1 Å². The van der Waals surface area contributed by atoms with Crippen LogP contribution in [0.2, 0.25) is 0 Å². The Balaban J connectivity index is 1.75. The molecular weight excluding hydrogens is 333 g/mol. The summed E-state index contributed by atoms with van der Waals surface area (Å²) in [4.78, 5) is 20.5. The van der Waals surface area contributed by atoms with Gasteiger partial charge in [-0.3, -0.25) is 4.98 Å². The van der Waals surface area contributed by atoms with Gasteiger partial charge in [-0.1, -0.05) is 12.1 Å². The molecule has 0 bridgehead atoms. The van der Waals surface area contributed by atoms with Crippen LogP contribution in [0.25, 0.3) is 11.3 Å². The van der Waals surface area contributed by atoms with Crippen molar-refractivity contribution in [3.8, 4) is 11.3 Å². The Morgan fingerprint density at radius 1 is 1.08 bits per heavy atom. The van der Waals surface area contributed by atoms with Gasteiger partial charge in [0, 0.05) is 37.9 Å². The minimum atomic E-state index is -0.504. The molecule has 2 heterocycles. The van der Waals surface area contributed by atoms with Gasteiger partial charge in [0.25, 0.3) is 0 Å². The van der Waals surface area contributed by atoms with Crippen LogP contribution in [0.15, 0.2) is 42.6 Å². The van der Waals surface area contributed by atoms with Crippen molar-refractivity contribution < 1.29 is 13.9 Å². The molecule has 26 heavy (non-hydrogen) atoms. The number of amides is 1. The van der Waals surface area contributed by atoms with E-state index in [2.05, 4.69) is 9.88 Å². The number of aromatic nitrogens is 1. The maximum Gasteiger partial charge on any atom is 0.410 e. The summed E-state index contributed by atoms with van der Waals surface area (Å²) in [5.41, 5.74) is 1.48. The molecule has 6 heteroatoms. The van der Waals surface area contributed by atoms with Gasteiger partial charge in [-0.2, -0.15) is 0 Å². The van der Waals surface area contributed by atoms with E-state index < -0.39 is 5.60 Å². The van der Waals surface area contributed by atoms with E-state index in [4.69, 9.17) is 4.74 Å². The Kier molecular flexibility index (Phi) is 5.11. The molecule has 3 rings (SSSR count). The molecule has 0 N–H and O–H groups in total. The van der Waals surface area contributed by atoms with Crippen LogP contribution in [-0.2, 0) is 4.74 Å². The van der Waals surface area contributed by atoms with E-state index in [1.54, 1.807) is 29.3 Å². The Morgan fingerprint density at radius 3 is 2.42 bits per heavy atom. The van der Waals surface area contributed by atoms with Crippen molar-refractivity contribution in [1.29, 1.82) is 0 Å². The van der Waals surface area contributed by atoms with Gasteiger partial charge in [0.05, 0.1) is 11.4 Å². The first-order chi connectivity index (χ1) is 12.3. The molecule has 1 aliphatic rings. The largest absolute Gasteiger partial charge is 0.444 e. The van der Waals surface area contributed by atoms with Crippen molar-refractivity contribution in [2.24, 2.45) is 0 Å². The second-order valence-electron chi connectivity index (χ2n) is 7.31. The molecule has 2 aromatic rings. The SMILES string of the molecule is CC(C)(C)OC(=O)N1CCN(c2cccnc2-c2ccccc2F)CC1. The lowest BCUT2D eigenvalue weighted by Gasteiger charge is -2.37. The fraction of sp³-hybridized carbons (Fsp3) is 0.400. The van der Waals surface area contributed by atoms with Gasteiger partial charge >= 0.3 is 6.09 Å². The van der Waals surface area contributed by atoms with Gasteiger partial charge in [0.1, 0.15) is 11.4 Å². The maximum atomic E-state index is 14.2. The summed E-state index contributed by atoms with van der Waals surface area (Å²) in [6.45, 7) is 7.98. The minimum Gasteiger partial charge on any atom is -0.444 e. The number of rotatable bonds is 2. The topological polar surface area (TPSA) is 45.7 Å². The van der Waals surface area contributed by atoms with Gasteiger partial charge in [-0.15, -0.1) is 0 Å². The summed E-state index contributed by atoms with van der Waals surface area (Å²) in [7, 11) is 0. The summed E-state index contributed by atoms with van der Waals surface area (Å²) >= 11 is 0. The van der Waals surface area contributed by atoms with Crippen LogP contribution < -0.4 is 4.90 Å². The van der Waals surface area contributed by atoms with Crippen LogP contribution in [0.5, 0.6) is 0 Å². The molecule has 0 atom stereocenters. The molecule has 0 unspecified atom stereocenters. The van der Waals surface area contributed by atoms with Crippen LogP contribution in [0, 0.1) is 5.82 Å². The highest BCUT2D eigenvalue weighted by Crippen LogP contribution is 2.31. The zero-order valence-corrected chi connectivity index (χ0v) is 15.4. The second kappa shape index (κ2) is 7.32. The Hall–Kier alpha value is -2.63. The third kappa shape index (κ3) is 4.12. The molecule has 0 spiro atoms. The highest BCUT2D eigenvalue weighted by Gasteiger charge is 2.27. The van der Waals surface area contributed by atoms with Gasteiger partial charge in [0.2, 0.25) is 0 Å². The number of nitrogens with zero attached hydrogens (tertiary/aromatic N) is 3. The molecule has 138 valence electrons. The molecule has 1 aromatic carbocycles. The molecule has 0 saturated carbocycles. The summed E-state index contributed by atoms with van der Waals surface area (Å²) in [5.74, 6) is -0.292. The van der Waals surface area contributed by atoms with Gasteiger partial charge in [-0.25, -0.2) is 9.18 Å². The van der Waals surface area contributed by atoms with Crippen LogP contribution in [0.3, 0.4) is 0 Å². The normalized spacial score (nSPS) is 15.1. The van der Waals surface area contributed by atoms with Gasteiger partial charge < -0.3 is 14.5 Å². The third-order valence-electron chi connectivity index (χ3n) is 4.19. The molecule has 0 aliphatic carbocycles. The number of carbonyl (C=O) groups is 1. The molecular formula is C20H24FN3O2. The molecule has 1 amide bonds. The first kappa shape index (κ1) is 18.2. The van der Waals surface area contributed by atoms with E-state index in [1.807, 2.05) is 32.9 Å². The maximum absolute atomic E-state index is 14.2. The van der Waals surface area contributed by atoms with Crippen molar-refractivity contribution in [1.82, 2.24) is 9.88 Å².